The average molecular weight is 240 g/mol. The number of aliphatic carboxylic acids is 1. The minimum Gasteiger partial charge on any atom is -0.480 e. The van der Waals surface area contributed by atoms with Gasteiger partial charge in [-0.3, -0.25) is 9.69 Å². The van der Waals surface area contributed by atoms with E-state index >= 15 is 0 Å². The highest BCUT2D eigenvalue weighted by Crippen LogP contribution is 2.32. The molecule has 0 aromatic rings. The van der Waals surface area contributed by atoms with E-state index < -0.39 is 11.5 Å². The van der Waals surface area contributed by atoms with E-state index in [1.54, 1.807) is 0 Å². The van der Waals surface area contributed by atoms with Crippen molar-refractivity contribution >= 4 is 5.97 Å². The van der Waals surface area contributed by atoms with Gasteiger partial charge >= 0.3 is 5.97 Å². The van der Waals surface area contributed by atoms with Gasteiger partial charge in [0.05, 0.1) is 0 Å². The molecule has 2 aliphatic rings. The summed E-state index contributed by atoms with van der Waals surface area (Å²) in [6.45, 7) is 7.12. The normalized spacial score (nSPS) is 32.5. The van der Waals surface area contributed by atoms with Crippen LogP contribution in [0.5, 0.6) is 0 Å². The van der Waals surface area contributed by atoms with E-state index in [1.807, 2.05) is 0 Å². The second-order valence-corrected chi connectivity index (χ2v) is 5.32. The van der Waals surface area contributed by atoms with E-state index in [9.17, 15) is 9.90 Å². The molecule has 0 aliphatic carbocycles. The molecule has 0 spiro atoms. The minimum atomic E-state index is -0.600. The predicted octanol–water partition coefficient (Wildman–Crippen LogP) is 1.41. The Hall–Kier alpha value is -0.610. The van der Waals surface area contributed by atoms with Crippen molar-refractivity contribution in [1.82, 2.24) is 9.80 Å². The van der Waals surface area contributed by atoms with Crippen LogP contribution in [0.2, 0.25) is 0 Å². The Kier molecular flexibility index (Phi) is 4.05. The van der Waals surface area contributed by atoms with Crippen molar-refractivity contribution in [3.63, 3.8) is 0 Å². The number of hydrogen-bond acceptors (Lipinski definition) is 3. The maximum Gasteiger partial charge on any atom is 0.324 e. The SMILES string of the molecule is CCN1CCCC(C(=O)O)(N2CCCC2)CC1. The number of likely N-dealkylation sites (tertiary alicyclic amines) is 2. The molecule has 4 nitrogen and oxygen atoms in total. The highest BCUT2D eigenvalue weighted by molar-refractivity contribution is 5.79. The Morgan fingerprint density at radius 2 is 1.82 bits per heavy atom. The van der Waals surface area contributed by atoms with Crippen molar-refractivity contribution in [2.75, 3.05) is 32.7 Å². The average Bonchev–Trinajstić information content (AvgIpc) is 2.75. The number of hydrogen-bond donors (Lipinski definition) is 1. The molecule has 0 aromatic heterocycles. The first kappa shape index (κ1) is 12.8. The maximum atomic E-state index is 11.8. The maximum absolute atomic E-state index is 11.8. The Morgan fingerprint density at radius 1 is 1.12 bits per heavy atom. The summed E-state index contributed by atoms with van der Waals surface area (Å²) in [4.78, 5) is 16.4. The summed E-state index contributed by atoms with van der Waals surface area (Å²) in [6, 6.07) is 0. The van der Waals surface area contributed by atoms with Gasteiger partial charge in [-0.05, 0) is 58.3 Å². The fourth-order valence-electron chi connectivity index (χ4n) is 3.30. The third-order valence-electron chi connectivity index (χ3n) is 4.46. The zero-order valence-electron chi connectivity index (χ0n) is 10.8. The summed E-state index contributed by atoms with van der Waals surface area (Å²) in [5, 5.41) is 9.67. The van der Waals surface area contributed by atoms with E-state index in [-0.39, 0.29) is 0 Å². The lowest BCUT2D eigenvalue weighted by Gasteiger charge is -2.37. The van der Waals surface area contributed by atoms with Gasteiger partial charge < -0.3 is 10.0 Å². The van der Waals surface area contributed by atoms with Crippen molar-refractivity contribution in [1.29, 1.82) is 0 Å². The summed E-state index contributed by atoms with van der Waals surface area (Å²) in [5.41, 5.74) is -0.569. The molecule has 1 N–H and O–H groups in total. The molecular formula is C13H24N2O2. The third kappa shape index (κ3) is 2.47. The molecule has 1 unspecified atom stereocenters. The number of carboxylic acids is 1. The smallest absolute Gasteiger partial charge is 0.324 e. The minimum absolute atomic E-state index is 0.569. The summed E-state index contributed by atoms with van der Waals surface area (Å²) >= 11 is 0. The third-order valence-corrected chi connectivity index (χ3v) is 4.46. The van der Waals surface area contributed by atoms with Gasteiger partial charge in [0.25, 0.3) is 0 Å². The van der Waals surface area contributed by atoms with Gasteiger partial charge in [-0.1, -0.05) is 6.92 Å². The van der Waals surface area contributed by atoms with E-state index in [0.29, 0.717) is 0 Å². The standard InChI is InChI=1S/C13H24N2O2/c1-2-14-8-5-6-13(7-11-14,12(16)17)15-9-3-4-10-15/h2-11H2,1H3,(H,16,17). The Bertz CT molecular complexity index is 277. The molecule has 0 saturated carbocycles. The molecule has 0 radical (unpaired) electrons. The van der Waals surface area contributed by atoms with Crippen LogP contribution in [0, 0.1) is 0 Å². The molecule has 0 amide bonds. The molecule has 0 aromatic carbocycles. The molecule has 17 heavy (non-hydrogen) atoms. The molecule has 2 fully saturated rings. The van der Waals surface area contributed by atoms with Crippen molar-refractivity contribution in [2.24, 2.45) is 0 Å². The van der Waals surface area contributed by atoms with Crippen LogP contribution >= 0.6 is 0 Å². The number of carboxylic acid groups (broad SMARTS) is 1. The zero-order chi connectivity index (χ0) is 12.3. The molecule has 4 heteroatoms. The van der Waals surface area contributed by atoms with Gasteiger partial charge in [-0.15, -0.1) is 0 Å². The van der Waals surface area contributed by atoms with Crippen LogP contribution in [-0.4, -0.2) is 59.1 Å². The van der Waals surface area contributed by atoms with E-state index in [0.717, 1.165) is 64.8 Å². The van der Waals surface area contributed by atoms with Crippen molar-refractivity contribution in [3.05, 3.63) is 0 Å². The van der Waals surface area contributed by atoms with E-state index in [4.69, 9.17) is 0 Å². The Morgan fingerprint density at radius 3 is 2.41 bits per heavy atom. The van der Waals surface area contributed by atoms with Gasteiger partial charge in [0.15, 0.2) is 0 Å². The van der Waals surface area contributed by atoms with E-state index in [2.05, 4.69) is 16.7 Å². The van der Waals surface area contributed by atoms with Crippen LogP contribution < -0.4 is 0 Å². The first-order valence-electron chi connectivity index (χ1n) is 6.90. The van der Waals surface area contributed by atoms with Gasteiger partial charge in [0, 0.05) is 6.54 Å². The lowest BCUT2D eigenvalue weighted by atomic mass is 9.89. The second kappa shape index (κ2) is 5.36. The lowest BCUT2D eigenvalue weighted by molar-refractivity contribution is -0.152. The zero-order valence-corrected chi connectivity index (χ0v) is 10.8. The molecule has 98 valence electrons. The summed E-state index contributed by atoms with van der Waals surface area (Å²) in [6.07, 6.45) is 4.94. The van der Waals surface area contributed by atoms with Crippen LogP contribution in [-0.2, 0) is 4.79 Å². The molecule has 2 heterocycles. The molecule has 2 saturated heterocycles. The summed E-state index contributed by atoms with van der Waals surface area (Å²) < 4.78 is 0. The Balaban J connectivity index is 2.13. The van der Waals surface area contributed by atoms with Crippen LogP contribution in [0.3, 0.4) is 0 Å². The van der Waals surface area contributed by atoms with Gasteiger partial charge in [-0.25, -0.2) is 0 Å². The fourth-order valence-corrected chi connectivity index (χ4v) is 3.30. The number of nitrogens with zero attached hydrogens (tertiary/aromatic N) is 2. The lowest BCUT2D eigenvalue weighted by Crippen LogP contribution is -2.54. The van der Waals surface area contributed by atoms with Gasteiger partial charge in [0.1, 0.15) is 5.54 Å². The molecule has 2 aliphatic heterocycles. The largest absolute Gasteiger partial charge is 0.480 e. The summed E-state index contributed by atoms with van der Waals surface area (Å²) in [5.74, 6) is -0.600. The predicted molar refractivity (Wildman–Crippen MR) is 67.1 cm³/mol. The monoisotopic (exact) mass is 240 g/mol. The van der Waals surface area contributed by atoms with Crippen LogP contribution in [0.15, 0.2) is 0 Å². The molecule has 1 atom stereocenters. The number of carbonyl (C=O) groups is 1. The van der Waals surface area contributed by atoms with Crippen molar-refractivity contribution in [3.8, 4) is 0 Å². The quantitative estimate of drug-likeness (QED) is 0.810. The topological polar surface area (TPSA) is 43.8 Å². The highest BCUT2D eigenvalue weighted by Gasteiger charge is 2.45. The first-order valence-corrected chi connectivity index (χ1v) is 6.90. The molecular weight excluding hydrogens is 216 g/mol. The highest BCUT2D eigenvalue weighted by atomic mass is 16.4. The second-order valence-electron chi connectivity index (χ2n) is 5.32. The van der Waals surface area contributed by atoms with Gasteiger partial charge in [0.2, 0.25) is 0 Å². The van der Waals surface area contributed by atoms with Crippen LogP contribution in [0.25, 0.3) is 0 Å². The first-order chi connectivity index (χ1) is 8.19. The molecule has 0 bridgehead atoms. The summed E-state index contributed by atoms with van der Waals surface area (Å²) in [7, 11) is 0. The Labute approximate surface area is 104 Å². The number of rotatable bonds is 3. The van der Waals surface area contributed by atoms with Crippen molar-refractivity contribution in [2.45, 2.75) is 44.6 Å². The van der Waals surface area contributed by atoms with Crippen molar-refractivity contribution < 1.29 is 9.90 Å². The van der Waals surface area contributed by atoms with Crippen LogP contribution in [0.1, 0.15) is 39.0 Å². The van der Waals surface area contributed by atoms with E-state index in [1.165, 1.54) is 0 Å². The van der Waals surface area contributed by atoms with Gasteiger partial charge in [-0.2, -0.15) is 0 Å². The molecule has 2 rings (SSSR count). The fraction of sp³-hybridized carbons (Fsp3) is 0.923. The van der Waals surface area contributed by atoms with Crippen LogP contribution in [0.4, 0.5) is 0 Å².